The average Bonchev–Trinajstić information content (AvgIpc) is 2.70. The number of hydrogen-bond acceptors (Lipinski definition) is 7. The Morgan fingerprint density at radius 3 is 2.94 bits per heavy atom. The van der Waals surface area contributed by atoms with Gasteiger partial charge < -0.3 is 4.90 Å². The van der Waals surface area contributed by atoms with Crippen molar-refractivity contribution < 1.29 is 8.42 Å². The average molecular weight is 267 g/mol. The van der Waals surface area contributed by atoms with Crippen molar-refractivity contribution in [1.82, 2.24) is 9.97 Å². The van der Waals surface area contributed by atoms with Gasteiger partial charge in [0.05, 0.1) is 11.5 Å². The molecule has 1 aliphatic rings. The maximum Gasteiger partial charge on any atom is 0.182 e. The van der Waals surface area contributed by atoms with Gasteiger partial charge in [-0.15, -0.1) is 0 Å². The fraction of sp³-hybridized carbons (Fsp3) is 0.500. The Labute approximate surface area is 105 Å². The summed E-state index contributed by atoms with van der Waals surface area (Å²) >= 11 is 0. The fourth-order valence-corrected chi connectivity index (χ4v) is 3.71. The van der Waals surface area contributed by atoms with Gasteiger partial charge in [-0.3, -0.25) is 5.32 Å². The summed E-state index contributed by atoms with van der Waals surface area (Å²) in [7, 11) is -1.13. The molecule has 1 unspecified atom stereocenters. The molecule has 0 aliphatic carbocycles. The Morgan fingerprint density at radius 2 is 2.33 bits per heavy atom. The zero-order valence-electron chi connectivity index (χ0n) is 9.87. The number of nitriles is 1. The van der Waals surface area contributed by atoms with Crippen molar-refractivity contribution in [3.05, 3.63) is 12.4 Å². The summed E-state index contributed by atoms with van der Waals surface area (Å²) in [5, 5.41) is 10.9. The third kappa shape index (κ3) is 2.68. The number of nitrogens with one attached hydrogen (secondary N) is 1. The molecule has 0 radical (unpaired) electrons. The quantitative estimate of drug-likeness (QED) is 0.607. The van der Waals surface area contributed by atoms with Crippen molar-refractivity contribution >= 4 is 21.5 Å². The second-order valence-corrected chi connectivity index (χ2v) is 6.39. The molecule has 2 heterocycles. The standard InChI is InChI=1S/C10H13N5O2S/c1-15(8-2-3-18(16,17)5-8)10-4-9(12-6-11)13-7-14-10/h4,7-8H,2-3,5H2,1H3,(H,12,13,14). The van der Waals surface area contributed by atoms with E-state index in [0.717, 1.165) is 0 Å². The van der Waals surface area contributed by atoms with Crippen LogP contribution in [-0.4, -0.2) is 43.0 Å². The highest BCUT2D eigenvalue weighted by Crippen LogP contribution is 2.22. The summed E-state index contributed by atoms with van der Waals surface area (Å²) in [5.41, 5.74) is 0. The highest BCUT2D eigenvalue weighted by molar-refractivity contribution is 7.91. The molecule has 7 nitrogen and oxygen atoms in total. The van der Waals surface area contributed by atoms with Crippen molar-refractivity contribution in [3.63, 3.8) is 0 Å². The van der Waals surface area contributed by atoms with E-state index in [1.807, 2.05) is 4.90 Å². The summed E-state index contributed by atoms with van der Waals surface area (Å²) in [6.45, 7) is 0. The molecule has 96 valence electrons. The minimum atomic E-state index is -2.92. The van der Waals surface area contributed by atoms with E-state index in [1.54, 1.807) is 19.3 Å². The van der Waals surface area contributed by atoms with Crippen LogP contribution in [0.2, 0.25) is 0 Å². The maximum absolute atomic E-state index is 11.4. The lowest BCUT2D eigenvalue weighted by molar-refractivity contribution is 0.600. The zero-order chi connectivity index (χ0) is 13.2. The molecular weight excluding hydrogens is 254 g/mol. The van der Waals surface area contributed by atoms with Gasteiger partial charge in [0.15, 0.2) is 16.0 Å². The van der Waals surface area contributed by atoms with Gasteiger partial charge in [-0.05, 0) is 6.42 Å². The first kappa shape index (κ1) is 12.6. The van der Waals surface area contributed by atoms with Crippen LogP contribution >= 0.6 is 0 Å². The Balaban J connectivity index is 2.17. The van der Waals surface area contributed by atoms with E-state index in [1.165, 1.54) is 6.33 Å². The first-order valence-electron chi connectivity index (χ1n) is 5.42. The molecule has 1 fully saturated rings. The van der Waals surface area contributed by atoms with Crippen LogP contribution in [0.3, 0.4) is 0 Å². The summed E-state index contributed by atoms with van der Waals surface area (Å²) in [6, 6.07) is 1.55. The first-order chi connectivity index (χ1) is 8.52. The summed E-state index contributed by atoms with van der Waals surface area (Å²) in [6.07, 6.45) is 3.72. The molecule has 0 saturated carbocycles. The smallest absolute Gasteiger partial charge is 0.182 e. The molecule has 1 aromatic rings. The van der Waals surface area contributed by atoms with Crippen LogP contribution in [0.4, 0.5) is 11.6 Å². The lowest BCUT2D eigenvalue weighted by atomic mass is 10.2. The van der Waals surface area contributed by atoms with E-state index in [0.29, 0.717) is 18.1 Å². The van der Waals surface area contributed by atoms with Crippen LogP contribution in [0.25, 0.3) is 0 Å². The topological polar surface area (TPSA) is 99.0 Å². The summed E-state index contributed by atoms with van der Waals surface area (Å²) in [4.78, 5) is 9.78. The monoisotopic (exact) mass is 267 g/mol. The lowest BCUT2D eigenvalue weighted by Gasteiger charge is -2.24. The molecular formula is C10H13N5O2S. The number of nitrogens with zero attached hydrogens (tertiary/aromatic N) is 4. The molecule has 8 heteroatoms. The molecule has 1 N–H and O–H groups in total. The highest BCUT2D eigenvalue weighted by atomic mass is 32.2. The van der Waals surface area contributed by atoms with Gasteiger partial charge in [-0.2, -0.15) is 5.26 Å². The number of hydrogen-bond donors (Lipinski definition) is 1. The Hall–Kier alpha value is -1.88. The van der Waals surface area contributed by atoms with E-state index < -0.39 is 9.84 Å². The van der Waals surface area contributed by atoms with Gasteiger partial charge in [-0.1, -0.05) is 0 Å². The third-order valence-electron chi connectivity index (χ3n) is 2.95. The molecule has 0 amide bonds. The van der Waals surface area contributed by atoms with E-state index in [9.17, 15) is 8.42 Å². The normalized spacial score (nSPS) is 21.2. The van der Waals surface area contributed by atoms with Crippen LogP contribution in [0, 0.1) is 11.5 Å². The maximum atomic E-state index is 11.4. The molecule has 2 rings (SSSR count). The molecule has 0 aromatic carbocycles. The van der Waals surface area contributed by atoms with Gasteiger partial charge in [0.1, 0.15) is 18.0 Å². The molecule has 1 atom stereocenters. The van der Waals surface area contributed by atoms with Crippen LogP contribution in [0.5, 0.6) is 0 Å². The minimum Gasteiger partial charge on any atom is -0.355 e. The molecule has 1 aliphatic heterocycles. The van der Waals surface area contributed by atoms with E-state index >= 15 is 0 Å². The Bertz CT molecular complexity index is 580. The van der Waals surface area contributed by atoms with Gasteiger partial charge in [0.25, 0.3) is 0 Å². The predicted molar refractivity (Wildman–Crippen MR) is 66.7 cm³/mol. The van der Waals surface area contributed by atoms with Gasteiger partial charge >= 0.3 is 0 Å². The number of sulfone groups is 1. The largest absolute Gasteiger partial charge is 0.355 e. The minimum absolute atomic E-state index is 0.0696. The van der Waals surface area contributed by atoms with Gasteiger partial charge in [-0.25, -0.2) is 18.4 Å². The zero-order valence-corrected chi connectivity index (χ0v) is 10.7. The molecule has 0 spiro atoms. The van der Waals surface area contributed by atoms with E-state index in [4.69, 9.17) is 5.26 Å². The van der Waals surface area contributed by atoms with Gasteiger partial charge in [0, 0.05) is 19.2 Å². The van der Waals surface area contributed by atoms with Crippen LogP contribution < -0.4 is 10.2 Å². The molecule has 1 saturated heterocycles. The fourth-order valence-electron chi connectivity index (χ4n) is 1.93. The number of rotatable bonds is 3. The summed E-state index contributed by atoms with van der Waals surface area (Å²) < 4.78 is 22.9. The van der Waals surface area contributed by atoms with Crippen molar-refractivity contribution in [2.75, 3.05) is 28.8 Å². The Kier molecular flexibility index (Phi) is 3.34. The highest BCUT2D eigenvalue weighted by Gasteiger charge is 2.31. The second-order valence-electron chi connectivity index (χ2n) is 4.17. The SMILES string of the molecule is CN(c1cc(NC#N)ncn1)C1CCS(=O)(=O)C1. The van der Waals surface area contributed by atoms with Crippen molar-refractivity contribution in [2.45, 2.75) is 12.5 Å². The predicted octanol–water partition coefficient (Wildman–Crippen LogP) is -0.00712. The van der Waals surface area contributed by atoms with Crippen LogP contribution in [0.15, 0.2) is 12.4 Å². The number of anilines is 2. The number of aromatic nitrogens is 2. The third-order valence-corrected chi connectivity index (χ3v) is 4.70. The van der Waals surface area contributed by atoms with Gasteiger partial charge in [0.2, 0.25) is 0 Å². The van der Waals surface area contributed by atoms with E-state index in [-0.39, 0.29) is 17.5 Å². The van der Waals surface area contributed by atoms with Crippen LogP contribution in [0.1, 0.15) is 6.42 Å². The summed E-state index contributed by atoms with van der Waals surface area (Å²) in [5.74, 6) is 1.37. The molecule has 1 aromatic heterocycles. The second kappa shape index (κ2) is 4.78. The molecule has 0 bridgehead atoms. The van der Waals surface area contributed by atoms with E-state index in [2.05, 4.69) is 15.3 Å². The molecule has 18 heavy (non-hydrogen) atoms. The lowest BCUT2D eigenvalue weighted by Crippen LogP contribution is -2.33. The van der Waals surface area contributed by atoms with Crippen molar-refractivity contribution in [1.29, 1.82) is 5.26 Å². The van der Waals surface area contributed by atoms with Crippen molar-refractivity contribution in [3.8, 4) is 6.19 Å². The van der Waals surface area contributed by atoms with Crippen molar-refractivity contribution in [2.24, 2.45) is 0 Å². The Morgan fingerprint density at radius 1 is 1.56 bits per heavy atom. The van der Waals surface area contributed by atoms with Crippen LogP contribution in [-0.2, 0) is 9.84 Å². The first-order valence-corrected chi connectivity index (χ1v) is 7.24.